The first-order valence-corrected chi connectivity index (χ1v) is 8.48. The molecule has 0 radical (unpaired) electrons. The van der Waals surface area contributed by atoms with E-state index in [0.29, 0.717) is 0 Å². The van der Waals surface area contributed by atoms with Crippen molar-refractivity contribution in [1.82, 2.24) is 4.90 Å². The Bertz CT molecular complexity index is 528. The molecule has 0 N–H and O–H groups in total. The first-order valence-electron chi connectivity index (χ1n) is 7.68. The summed E-state index contributed by atoms with van der Waals surface area (Å²) >= 11 is 3.74. The third-order valence-corrected chi connectivity index (χ3v) is 6.04. The Labute approximate surface area is 135 Å². The largest absolute Gasteiger partial charge is 0.485 e. The quantitative estimate of drug-likeness (QED) is 0.813. The van der Waals surface area contributed by atoms with Gasteiger partial charge in [-0.3, -0.25) is 4.90 Å². The van der Waals surface area contributed by atoms with Gasteiger partial charge in [0.25, 0.3) is 0 Å². The fraction of sp³-hybridized carbons (Fsp3) is 0.647. The van der Waals surface area contributed by atoms with E-state index in [4.69, 9.17) is 9.47 Å². The van der Waals surface area contributed by atoms with Crippen LogP contribution in [0.3, 0.4) is 0 Å². The zero-order chi connectivity index (χ0) is 15.2. The second-order valence-corrected chi connectivity index (χ2v) is 7.41. The van der Waals surface area contributed by atoms with E-state index < -0.39 is 0 Å². The smallest absolute Gasteiger partial charge is 0.127 e. The molecule has 116 valence electrons. The molecule has 0 spiro atoms. The summed E-state index contributed by atoms with van der Waals surface area (Å²) in [6.07, 6.45) is 0.991. The van der Waals surface area contributed by atoms with Gasteiger partial charge in [0.05, 0.1) is 13.2 Å². The van der Waals surface area contributed by atoms with E-state index >= 15 is 0 Å². The summed E-state index contributed by atoms with van der Waals surface area (Å²) in [7, 11) is 0. The van der Waals surface area contributed by atoms with Crippen molar-refractivity contribution in [2.45, 2.75) is 39.7 Å². The number of nitrogens with zero attached hydrogens (tertiary/aromatic N) is 1. The maximum absolute atomic E-state index is 6.44. The summed E-state index contributed by atoms with van der Waals surface area (Å²) in [5, 5.41) is 0. The van der Waals surface area contributed by atoms with Crippen LogP contribution in [0.5, 0.6) is 5.75 Å². The average molecular weight is 354 g/mol. The molecular formula is C17H24BrNO2. The van der Waals surface area contributed by atoms with Crippen LogP contribution in [0.2, 0.25) is 0 Å². The van der Waals surface area contributed by atoms with Gasteiger partial charge >= 0.3 is 0 Å². The van der Waals surface area contributed by atoms with Gasteiger partial charge < -0.3 is 9.47 Å². The van der Waals surface area contributed by atoms with Crippen LogP contribution in [0.1, 0.15) is 29.2 Å². The second kappa shape index (κ2) is 5.56. The maximum Gasteiger partial charge on any atom is 0.127 e. The number of benzene rings is 1. The van der Waals surface area contributed by atoms with Crippen molar-refractivity contribution < 1.29 is 9.47 Å². The van der Waals surface area contributed by atoms with Crippen molar-refractivity contribution in [1.29, 1.82) is 0 Å². The zero-order valence-electron chi connectivity index (χ0n) is 13.4. The lowest BCUT2D eigenvalue weighted by Gasteiger charge is -2.34. The van der Waals surface area contributed by atoms with E-state index in [2.05, 4.69) is 48.5 Å². The molecule has 1 unspecified atom stereocenters. The van der Waals surface area contributed by atoms with Crippen LogP contribution in [0.25, 0.3) is 0 Å². The predicted molar refractivity (Wildman–Crippen MR) is 88.3 cm³/mol. The molecule has 4 heteroatoms. The van der Waals surface area contributed by atoms with Gasteiger partial charge in [-0.25, -0.2) is 0 Å². The number of halogens is 1. The summed E-state index contributed by atoms with van der Waals surface area (Å²) in [4.78, 5) is 2.46. The molecule has 1 atom stereocenters. The lowest BCUT2D eigenvalue weighted by molar-refractivity contribution is -0.00275. The van der Waals surface area contributed by atoms with Crippen LogP contribution in [-0.4, -0.2) is 43.3 Å². The fourth-order valence-electron chi connectivity index (χ4n) is 3.47. The number of rotatable bonds is 2. The highest BCUT2D eigenvalue weighted by atomic mass is 79.9. The third kappa shape index (κ3) is 2.73. The van der Waals surface area contributed by atoms with Crippen molar-refractivity contribution in [3.8, 4) is 5.75 Å². The molecule has 21 heavy (non-hydrogen) atoms. The lowest BCUT2D eigenvalue weighted by atomic mass is 9.93. The normalized spacial score (nSPS) is 25.8. The SMILES string of the molecule is Cc1c(C)c2c(c(C)c1Br)CC(C)(CN1CCOCC1)O2. The molecule has 2 heterocycles. The van der Waals surface area contributed by atoms with E-state index in [0.717, 1.165) is 45.0 Å². The molecule has 0 bridgehead atoms. The minimum atomic E-state index is -0.123. The summed E-state index contributed by atoms with van der Waals surface area (Å²) in [5.74, 6) is 1.11. The van der Waals surface area contributed by atoms with Crippen LogP contribution >= 0.6 is 15.9 Å². The average Bonchev–Trinajstić information content (AvgIpc) is 2.82. The summed E-state index contributed by atoms with van der Waals surface area (Å²) < 4.78 is 13.1. The van der Waals surface area contributed by atoms with Crippen LogP contribution in [0.4, 0.5) is 0 Å². The number of ether oxygens (including phenoxy) is 2. The molecule has 2 aliphatic rings. The Hall–Kier alpha value is -0.580. The van der Waals surface area contributed by atoms with Gasteiger partial charge in [0.2, 0.25) is 0 Å². The van der Waals surface area contributed by atoms with E-state index in [1.54, 1.807) is 0 Å². The molecule has 1 aromatic carbocycles. The van der Waals surface area contributed by atoms with Crippen molar-refractivity contribution >= 4 is 15.9 Å². The van der Waals surface area contributed by atoms with E-state index in [9.17, 15) is 0 Å². The Morgan fingerprint density at radius 3 is 2.43 bits per heavy atom. The summed E-state index contributed by atoms with van der Waals surface area (Å²) in [5.41, 5.74) is 5.15. The Morgan fingerprint density at radius 1 is 1.10 bits per heavy atom. The predicted octanol–water partition coefficient (Wildman–Crippen LogP) is 3.40. The summed E-state index contributed by atoms with van der Waals surface area (Å²) in [6, 6.07) is 0. The third-order valence-electron chi connectivity index (χ3n) is 4.85. The molecule has 3 rings (SSSR count). The minimum absolute atomic E-state index is 0.123. The van der Waals surface area contributed by atoms with Gasteiger partial charge in [-0.1, -0.05) is 15.9 Å². The van der Waals surface area contributed by atoms with E-state index in [1.807, 2.05) is 0 Å². The fourth-order valence-corrected chi connectivity index (χ4v) is 4.01. The van der Waals surface area contributed by atoms with Gasteiger partial charge in [-0.2, -0.15) is 0 Å². The first kappa shape index (κ1) is 15.3. The summed E-state index contributed by atoms with van der Waals surface area (Å²) in [6.45, 7) is 13.4. The van der Waals surface area contributed by atoms with Crippen LogP contribution in [0, 0.1) is 20.8 Å². The van der Waals surface area contributed by atoms with Crippen molar-refractivity contribution in [3.05, 3.63) is 26.7 Å². The number of fused-ring (bicyclic) bond motifs is 1. The number of hydrogen-bond donors (Lipinski definition) is 0. The molecule has 1 saturated heterocycles. The second-order valence-electron chi connectivity index (χ2n) is 6.61. The van der Waals surface area contributed by atoms with Gasteiger partial charge in [-0.05, 0) is 44.4 Å². The Balaban J connectivity index is 1.86. The van der Waals surface area contributed by atoms with Gasteiger partial charge in [-0.15, -0.1) is 0 Å². The monoisotopic (exact) mass is 353 g/mol. The molecule has 0 saturated carbocycles. The van der Waals surface area contributed by atoms with Gasteiger partial charge in [0, 0.05) is 36.1 Å². The highest BCUT2D eigenvalue weighted by molar-refractivity contribution is 9.10. The van der Waals surface area contributed by atoms with Crippen molar-refractivity contribution in [2.75, 3.05) is 32.8 Å². The molecular weight excluding hydrogens is 330 g/mol. The van der Waals surface area contributed by atoms with E-state index in [-0.39, 0.29) is 5.60 Å². The molecule has 1 fully saturated rings. The molecule has 0 aromatic heterocycles. The van der Waals surface area contributed by atoms with E-state index in [1.165, 1.54) is 26.7 Å². The van der Waals surface area contributed by atoms with Crippen LogP contribution in [-0.2, 0) is 11.2 Å². The molecule has 0 amide bonds. The highest BCUT2D eigenvalue weighted by Crippen LogP contribution is 2.44. The van der Waals surface area contributed by atoms with Crippen molar-refractivity contribution in [3.63, 3.8) is 0 Å². The molecule has 3 nitrogen and oxygen atoms in total. The molecule has 0 aliphatic carbocycles. The minimum Gasteiger partial charge on any atom is -0.485 e. The highest BCUT2D eigenvalue weighted by Gasteiger charge is 2.39. The lowest BCUT2D eigenvalue weighted by Crippen LogP contribution is -2.48. The van der Waals surface area contributed by atoms with Gasteiger partial charge in [0.15, 0.2) is 0 Å². The van der Waals surface area contributed by atoms with Crippen molar-refractivity contribution in [2.24, 2.45) is 0 Å². The Kier molecular flexibility index (Phi) is 4.06. The van der Waals surface area contributed by atoms with Gasteiger partial charge in [0.1, 0.15) is 11.4 Å². The number of morpholine rings is 1. The zero-order valence-corrected chi connectivity index (χ0v) is 15.0. The maximum atomic E-state index is 6.44. The first-order chi connectivity index (χ1) is 9.91. The number of hydrogen-bond acceptors (Lipinski definition) is 3. The molecule has 2 aliphatic heterocycles. The topological polar surface area (TPSA) is 21.7 Å². The van der Waals surface area contributed by atoms with Crippen LogP contribution in [0.15, 0.2) is 4.47 Å². The standard InChI is InChI=1S/C17H24BrNO2/c1-11-12(2)16-14(13(3)15(11)18)9-17(4,21-16)10-19-5-7-20-8-6-19/h5-10H2,1-4H3. The molecule has 1 aromatic rings. The van der Waals surface area contributed by atoms with Crippen LogP contribution < -0.4 is 4.74 Å². The Morgan fingerprint density at radius 2 is 1.76 bits per heavy atom.